The van der Waals surface area contributed by atoms with Gasteiger partial charge in [0.05, 0.1) is 5.60 Å². The van der Waals surface area contributed by atoms with Gasteiger partial charge in [0.1, 0.15) is 6.10 Å². The lowest BCUT2D eigenvalue weighted by Gasteiger charge is -2.35. The van der Waals surface area contributed by atoms with Gasteiger partial charge in [0, 0.05) is 33.2 Å². The summed E-state index contributed by atoms with van der Waals surface area (Å²) in [4.78, 5) is 0. The second kappa shape index (κ2) is 6.61. The van der Waals surface area contributed by atoms with Crippen LogP contribution < -0.4 is 0 Å². The zero-order chi connectivity index (χ0) is 15.4. The van der Waals surface area contributed by atoms with Crippen LogP contribution in [0.5, 0.6) is 0 Å². The Balaban J connectivity index is 2.03. The van der Waals surface area contributed by atoms with Crippen LogP contribution in [0.4, 0.5) is 0 Å². The molecule has 0 radical (unpaired) electrons. The van der Waals surface area contributed by atoms with Crippen molar-refractivity contribution in [3.63, 3.8) is 0 Å². The molecule has 1 saturated heterocycles. The fourth-order valence-electron chi connectivity index (χ4n) is 3.20. The van der Waals surface area contributed by atoms with Crippen LogP contribution in [-0.2, 0) is 15.1 Å². The molecule has 2 aromatic carbocycles. The third-order valence-corrected chi connectivity index (χ3v) is 4.40. The van der Waals surface area contributed by atoms with E-state index < -0.39 is 5.60 Å². The van der Waals surface area contributed by atoms with Gasteiger partial charge in [-0.2, -0.15) is 0 Å². The predicted molar refractivity (Wildman–Crippen MR) is 85.7 cm³/mol. The molecule has 3 heteroatoms. The van der Waals surface area contributed by atoms with Gasteiger partial charge in [-0.25, -0.2) is 0 Å². The first-order chi connectivity index (χ1) is 10.7. The molecule has 2 aromatic rings. The smallest absolute Gasteiger partial charge is 0.108 e. The highest BCUT2D eigenvalue weighted by molar-refractivity contribution is 5.39. The fraction of sp³-hybridized carbons (Fsp3) is 0.368. The van der Waals surface area contributed by atoms with Crippen LogP contribution in [0.2, 0.25) is 0 Å². The topological polar surface area (TPSA) is 38.7 Å². The monoisotopic (exact) mass is 298 g/mol. The quantitative estimate of drug-likeness (QED) is 0.940. The Kier molecular flexibility index (Phi) is 4.57. The molecule has 3 rings (SSSR count). The molecule has 116 valence electrons. The minimum Gasteiger partial charge on any atom is -0.385 e. The molecule has 0 bridgehead atoms. The third kappa shape index (κ3) is 2.93. The number of hydrogen-bond donors (Lipinski definition) is 1. The average molecular weight is 298 g/mol. The van der Waals surface area contributed by atoms with E-state index in [-0.39, 0.29) is 6.10 Å². The molecule has 1 atom stereocenters. The Morgan fingerprint density at radius 1 is 1.00 bits per heavy atom. The van der Waals surface area contributed by atoms with E-state index in [2.05, 4.69) is 12.1 Å². The number of hydrogen-bond acceptors (Lipinski definition) is 3. The second-order valence-electron chi connectivity index (χ2n) is 5.76. The van der Waals surface area contributed by atoms with Crippen molar-refractivity contribution in [3.05, 3.63) is 71.3 Å². The van der Waals surface area contributed by atoms with E-state index in [9.17, 15) is 5.11 Å². The summed E-state index contributed by atoms with van der Waals surface area (Å²) in [6.07, 6.45) is 1.06. The van der Waals surface area contributed by atoms with Crippen molar-refractivity contribution in [1.82, 2.24) is 0 Å². The van der Waals surface area contributed by atoms with Gasteiger partial charge in [0.15, 0.2) is 0 Å². The Morgan fingerprint density at radius 3 is 2.32 bits per heavy atom. The zero-order valence-electron chi connectivity index (χ0n) is 12.9. The molecule has 0 aromatic heterocycles. The van der Waals surface area contributed by atoms with Gasteiger partial charge in [-0.3, -0.25) is 0 Å². The van der Waals surface area contributed by atoms with Crippen LogP contribution >= 0.6 is 0 Å². The van der Waals surface area contributed by atoms with Crippen molar-refractivity contribution < 1.29 is 14.6 Å². The average Bonchev–Trinajstić information content (AvgIpc) is 2.58. The highest BCUT2D eigenvalue weighted by Crippen LogP contribution is 2.38. The van der Waals surface area contributed by atoms with Gasteiger partial charge in [-0.1, -0.05) is 54.6 Å². The Labute approximate surface area is 131 Å². The zero-order valence-corrected chi connectivity index (χ0v) is 12.9. The minimum absolute atomic E-state index is 0.177. The molecule has 22 heavy (non-hydrogen) atoms. The second-order valence-corrected chi connectivity index (χ2v) is 5.76. The largest absolute Gasteiger partial charge is 0.385 e. The SMILES string of the molecule is COC(c1ccccc1)c1ccccc1C1(O)CCOCC1. The van der Waals surface area contributed by atoms with Crippen molar-refractivity contribution in [2.24, 2.45) is 0 Å². The molecule has 1 aliphatic heterocycles. The van der Waals surface area contributed by atoms with Crippen LogP contribution in [0.15, 0.2) is 54.6 Å². The molecule has 0 spiro atoms. The number of ether oxygens (including phenoxy) is 2. The molecule has 1 N–H and O–H groups in total. The first kappa shape index (κ1) is 15.2. The molecule has 1 heterocycles. The Hall–Kier alpha value is -1.68. The van der Waals surface area contributed by atoms with Crippen molar-refractivity contribution in [3.8, 4) is 0 Å². The van der Waals surface area contributed by atoms with Crippen LogP contribution in [0.1, 0.15) is 35.6 Å². The summed E-state index contributed by atoms with van der Waals surface area (Å²) < 4.78 is 11.2. The van der Waals surface area contributed by atoms with E-state index >= 15 is 0 Å². The highest BCUT2D eigenvalue weighted by atomic mass is 16.5. The van der Waals surface area contributed by atoms with Gasteiger partial charge in [0.25, 0.3) is 0 Å². The predicted octanol–water partition coefficient (Wildman–Crippen LogP) is 3.42. The summed E-state index contributed by atoms with van der Waals surface area (Å²) in [6, 6.07) is 18.1. The molecule has 1 fully saturated rings. The Morgan fingerprint density at radius 2 is 1.64 bits per heavy atom. The van der Waals surface area contributed by atoms with Crippen LogP contribution in [0.3, 0.4) is 0 Å². The maximum Gasteiger partial charge on any atom is 0.108 e. The van der Waals surface area contributed by atoms with Gasteiger partial charge in [-0.15, -0.1) is 0 Å². The summed E-state index contributed by atoms with van der Waals surface area (Å²) in [5.41, 5.74) is 2.24. The maximum absolute atomic E-state index is 11.1. The first-order valence-corrected chi connectivity index (χ1v) is 7.72. The lowest BCUT2D eigenvalue weighted by atomic mass is 9.81. The highest BCUT2D eigenvalue weighted by Gasteiger charge is 2.35. The first-order valence-electron chi connectivity index (χ1n) is 7.72. The summed E-state index contributed by atoms with van der Waals surface area (Å²) in [5, 5.41) is 11.1. The molecule has 3 nitrogen and oxygen atoms in total. The standard InChI is InChI=1S/C19H22O3/c1-21-18(15-7-3-2-4-8-15)16-9-5-6-10-17(16)19(20)11-13-22-14-12-19/h2-10,18,20H,11-14H2,1H3. The maximum atomic E-state index is 11.1. The normalized spacial score (nSPS) is 18.8. The summed E-state index contributed by atoms with van der Waals surface area (Å²) >= 11 is 0. The van der Waals surface area contributed by atoms with Crippen molar-refractivity contribution in [2.75, 3.05) is 20.3 Å². The van der Waals surface area contributed by atoms with Gasteiger partial charge in [-0.05, 0) is 16.7 Å². The van der Waals surface area contributed by atoms with Gasteiger partial charge in [0.2, 0.25) is 0 Å². The fourth-order valence-corrected chi connectivity index (χ4v) is 3.20. The van der Waals surface area contributed by atoms with Crippen LogP contribution in [-0.4, -0.2) is 25.4 Å². The molecule has 0 aliphatic carbocycles. The van der Waals surface area contributed by atoms with E-state index in [4.69, 9.17) is 9.47 Å². The molecular formula is C19H22O3. The Bertz CT molecular complexity index is 603. The number of rotatable bonds is 4. The lowest BCUT2D eigenvalue weighted by molar-refractivity contribution is -0.0693. The summed E-state index contributed by atoms with van der Waals surface area (Å²) in [7, 11) is 1.71. The van der Waals surface area contributed by atoms with E-state index in [0.717, 1.165) is 16.7 Å². The van der Waals surface area contributed by atoms with Crippen LogP contribution in [0, 0.1) is 0 Å². The van der Waals surface area contributed by atoms with Crippen molar-refractivity contribution in [2.45, 2.75) is 24.5 Å². The third-order valence-electron chi connectivity index (χ3n) is 4.40. The molecular weight excluding hydrogens is 276 g/mol. The lowest BCUT2D eigenvalue weighted by Crippen LogP contribution is -2.34. The van der Waals surface area contributed by atoms with E-state index in [1.165, 1.54) is 0 Å². The molecule has 0 saturated carbocycles. The van der Waals surface area contributed by atoms with Gasteiger partial charge >= 0.3 is 0 Å². The van der Waals surface area contributed by atoms with E-state index in [1.54, 1.807) is 7.11 Å². The van der Waals surface area contributed by atoms with E-state index in [1.807, 2.05) is 42.5 Å². The number of aliphatic hydroxyl groups is 1. The van der Waals surface area contributed by atoms with Crippen molar-refractivity contribution in [1.29, 1.82) is 0 Å². The summed E-state index contributed by atoms with van der Waals surface area (Å²) in [6.45, 7) is 1.18. The molecule has 1 unspecified atom stereocenters. The minimum atomic E-state index is -0.833. The van der Waals surface area contributed by atoms with Gasteiger partial charge < -0.3 is 14.6 Å². The van der Waals surface area contributed by atoms with Crippen LogP contribution in [0.25, 0.3) is 0 Å². The van der Waals surface area contributed by atoms with E-state index in [0.29, 0.717) is 26.1 Å². The van der Waals surface area contributed by atoms with Crippen molar-refractivity contribution >= 4 is 0 Å². The molecule has 0 amide bonds. The number of methoxy groups -OCH3 is 1. The molecule has 1 aliphatic rings. The number of benzene rings is 2. The summed E-state index contributed by atoms with van der Waals surface area (Å²) in [5.74, 6) is 0.